The Morgan fingerprint density at radius 1 is 1.12 bits per heavy atom. The first-order valence-corrected chi connectivity index (χ1v) is 9.71. The number of piperidine rings is 1. The number of anilines is 2. The molecule has 1 aliphatic carbocycles. The van der Waals surface area contributed by atoms with Crippen molar-refractivity contribution < 1.29 is 10.1 Å². The summed E-state index contributed by atoms with van der Waals surface area (Å²) in [4.78, 5) is 14.8. The maximum atomic E-state index is 12.4. The van der Waals surface area contributed by atoms with Crippen LogP contribution in [0, 0.1) is 5.92 Å². The molecule has 0 spiro atoms. The van der Waals surface area contributed by atoms with Crippen LogP contribution in [0.4, 0.5) is 11.4 Å². The lowest BCUT2D eigenvalue weighted by atomic mass is 9.86. The summed E-state index contributed by atoms with van der Waals surface area (Å²) in [6.45, 7) is 5.05. The second kappa shape index (κ2) is 8.52. The van der Waals surface area contributed by atoms with Crippen molar-refractivity contribution in [3.63, 3.8) is 0 Å². The molecule has 1 aromatic carbocycles. The third kappa shape index (κ3) is 4.50. The van der Waals surface area contributed by atoms with E-state index in [2.05, 4.69) is 34.6 Å². The first kappa shape index (κ1) is 17.3. The van der Waals surface area contributed by atoms with E-state index >= 15 is 0 Å². The second-order valence-corrected chi connectivity index (χ2v) is 7.48. The van der Waals surface area contributed by atoms with Crippen molar-refractivity contribution in [1.29, 1.82) is 0 Å². The number of nitrogens with zero attached hydrogens (tertiary/aromatic N) is 1. The number of rotatable bonds is 5. The van der Waals surface area contributed by atoms with Crippen LogP contribution >= 0.6 is 0 Å². The summed E-state index contributed by atoms with van der Waals surface area (Å²) in [5.74, 6) is 0.851. The molecule has 1 saturated heterocycles. The van der Waals surface area contributed by atoms with Crippen LogP contribution in [0.15, 0.2) is 24.3 Å². The van der Waals surface area contributed by atoms with Crippen molar-refractivity contribution in [3.8, 4) is 0 Å². The molecule has 0 unspecified atom stereocenters. The zero-order valence-corrected chi connectivity index (χ0v) is 15.0. The topological polar surface area (TPSA) is 49.0 Å². The fraction of sp³-hybridized carbons (Fsp3) is 0.650. The van der Waals surface area contributed by atoms with Crippen molar-refractivity contribution in [3.05, 3.63) is 24.3 Å². The van der Waals surface area contributed by atoms with E-state index < -0.39 is 0 Å². The quantitative estimate of drug-likeness (QED) is 0.872. The van der Waals surface area contributed by atoms with Crippen molar-refractivity contribution >= 4 is 17.3 Å². The van der Waals surface area contributed by atoms with E-state index in [-0.39, 0.29) is 5.91 Å². The van der Waals surface area contributed by atoms with Gasteiger partial charge in [0.2, 0.25) is 0 Å². The Bertz CT molecular complexity index is 539. The predicted octanol–water partition coefficient (Wildman–Crippen LogP) is 2.76. The van der Waals surface area contributed by atoms with Crippen LogP contribution < -0.4 is 15.5 Å². The Morgan fingerprint density at radius 2 is 1.88 bits per heavy atom. The van der Waals surface area contributed by atoms with E-state index in [4.69, 9.17) is 0 Å². The molecule has 1 aliphatic heterocycles. The Kier molecular flexibility index (Phi) is 6.13. The lowest BCUT2D eigenvalue weighted by Gasteiger charge is -2.30. The molecule has 0 bridgehead atoms. The lowest BCUT2D eigenvalue weighted by Crippen LogP contribution is -2.93. The summed E-state index contributed by atoms with van der Waals surface area (Å²) in [5, 5.41) is 5.40. The zero-order valence-electron chi connectivity index (χ0n) is 15.0. The summed E-state index contributed by atoms with van der Waals surface area (Å²) in [6, 6.07) is 8.85. The van der Waals surface area contributed by atoms with Gasteiger partial charge in [-0.2, -0.15) is 0 Å². The molecule has 4 heteroatoms. The number of amides is 1. The summed E-state index contributed by atoms with van der Waals surface area (Å²) in [6.07, 6.45) is 9.02. The molecule has 1 aromatic rings. The van der Waals surface area contributed by atoms with E-state index in [1.807, 2.05) is 12.1 Å². The maximum Gasteiger partial charge on any atom is 0.279 e. The largest absolute Gasteiger partial charge is 0.370 e. The molecule has 4 nitrogen and oxygen atoms in total. The highest BCUT2D eigenvalue weighted by atomic mass is 16.1. The number of quaternary nitrogens is 1. The summed E-state index contributed by atoms with van der Waals surface area (Å²) < 4.78 is 0. The van der Waals surface area contributed by atoms with Gasteiger partial charge < -0.3 is 15.5 Å². The number of nitrogens with one attached hydrogen (secondary N) is 1. The van der Waals surface area contributed by atoms with Gasteiger partial charge in [0.15, 0.2) is 6.54 Å². The molecule has 132 valence electrons. The van der Waals surface area contributed by atoms with Crippen LogP contribution in [0.5, 0.6) is 0 Å². The normalized spacial score (nSPS) is 24.6. The summed E-state index contributed by atoms with van der Waals surface area (Å²) >= 11 is 0. The highest BCUT2D eigenvalue weighted by molar-refractivity contribution is 5.94. The van der Waals surface area contributed by atoms with Crippen LogP contribution in [0.25, 0.3) is 0 Å². The number of hydrogen-bond acceptors (Lipinski definition) is 2. The second-order valence-electron chi connectivity index (χ2n) is 7.48. The minimum absolute atomic E-state index is 0.122. The molecule has 24 heavy (non-hydrogen) atoms. The number of carbonyl (C=O) groups is 1. The van der Waals surface area contributed by atoms with Gasteiger partial charge in [-0.15, -0.1) is 0 Å². The first-order valence-electron chi connectivity index (χ1n) is 9.71. The fourth-order valence-corrected chi connectivity index (χ4v) is 4.14. The molecule has 2 aliphatic rings. The van der Waals surface area contributed by atoms with E-state index in [0.29, 0.717) is 12.6 Å². The first-order chi connectivity index (χ1) is 11.7. The Balaban J connectivity index is 1.56. The predicted molar refractivity (Wildman–Crippen MR) is 99.3 cm³/mol. The number of carbonyl (C=O) groups excluding carboxylic acids is 1. The Hall–Kier alpha value is -1.55. The van der Waals surface area contributed by atoms with Crippen LogP contribution in [0.2, 0.25) is 0 Å². The van der Waals surface area contributed by atoms with Gasteiger partial charge in [0.05, 0.1) is 17.4 Å². The minimum Gasteiger partial charge on any atom is -0.370 e. The molecule has 1 heterocycles. The molecule has 3 N–H and O–H groups in total. The molecular formula is C20H32N3O+. The zero-order chi connectivity index (χ0) is 16.8. The Morgan fingerprint density at radius 3 is 2.67 bits per heavy atom. The number of nitrogens with two attached hydrogens (primary N) is 1. The molecule has 0 aromatic heterocycles. The average Bonchev–Trinajstić information content (AvgIpc) is 2.62. The number of benzene rings is 1. The SMILES string of the molecule is C[C@H]1CCCC[C@H]1[NH2+]CC(=O)Nc1ccccc1N1CCCCC1. The smallest absolute Gasteiger partial charge is 0.279 e. The van der Waals surface area contributed by atoms with Gasteiger partial charge in [0.25, 0.3) is 5.91 Å². The van der Waals surface area contributed by atoms with Crippen molar-refractivity contribution in [2.24, 2.45) is 5.92 Å². The lowest BCUT2D eigenvalue weighted by molar-refractivity contribution is -0.687. The van der Waals surface area contributed by atoms with Crippen LogP contribution in [0.1, 0.15) is 51.9 Å². The monoisotopic (exact) mass is 330 g/mol. The summed E-state index contributed by atoms with van der Waals surface area (Å²) in [5.41, 5.74) is 2.14. The third-order valence-corrected chi connectivity index (χ3v) is 5.66. The highest BCUT2D eigenvalue weighted by Gasteiger charge is 2.25. The van der Waals surface area contributed by atoms with Gasteiger partial charge in [-0.05, 0) is 50.7 Å². The van der Waals surface area contributed by atoms with Gasteiger partial charge >= 0.3 is 0 Å². The van der Waals surface area contributed by atoms with Gasteiger partial charge in [-0.3, -0.25) is 4.79 Å². The summed E-state index contributed by atoms with van der Waals surface area (Å²) in [7, 11) is 0. The van der Waals surface area contributed by atoms with Gasteiger partial charge in [-0.25, -0.2) is 0 Å². The van der Waals surface area contributed by atoms with Crippen LogP contribution in [-0.2, 0) is 4.79 Å². The van der Waals surface area contributed by atoms with Gasteiger partial charge in [0, 0.05) is 19.0 Å². The van der Waals surface area contributed by atoms with E-state index in [1.165, 1.54) is 50.6 Å². The molecule has 3 rings (SSSR count). The molecular weight excluding hydrogens is 298 g/mol. The standard InChI is InChI=1S/C20H31N3O/c1-16-9-3-4-10-17(16)21-15-20(24)22-18-11-5-6-12-19(18)23-13-7-2-8-14-23/h5-6,11-12,16-17,21H,2-4,7-10,13-15H2,1H3,(H,22,24)/p+1/t16-,17+/m0/s1. The molecule has 2 fully saturated rings. The highest BCUT2D eigenvalue weighted by Crippen LogP contribution is 2.28. The van der Waals surface area contributed by atoms with Gasteiger partial charge in [0.1, 0.15) is 0 Å². The van der Waals surface area contributed by atoms with E-state index in [1.54, 1.807) is 0 Å². The maximum absolute atomic E-state index is 12.4. The molecule has 1 saturated carbocycles. The van der Waals surface area contributed by atoms with Gasteiger partial charge in [-0.1, -0.05) is 25.5 Å². The fourth-order valence-electron chi connectivity index (χ4n) is 4.14. The third-order valence-electron chi connectivity index (χ3n) is 5.66. The van der Waals surface area contributed by atoms with Crippen LogP contribution in [0.3, 0.4) is 0 Å². The van der Waals surface area contributed by atoms with Crippen LogP contribution in [-0.4, -0.2) is 31.6 Å². The Labute approximate surface area is 146 Å². The van der Waals surface area contributed by atoms with Crippen molar-refractivity contribution in [2.45, 2.75) is 57.9 Å². The van der Waals surface area contributed by atoms with Crippen molar-refractivity contribution in [2.75, 3.05) is 29.9 Å². The van der Waals surface area contributed by atoms with E-state index in [0.717, 1.165) is 24.7 Å². The van der Waals surface area contributed by atoms with Crippen molar-refractivity contribution in [1.82, 2.24) is 0 Å². The minimum atomic E-state index is 0.122. The number of para-hydroxylation sites is 2. The molecule has 0 radical (unpaired) electrons. The van der Waals surface area contributed by atoms with E-state index in [9.17, 15) is 4.79 Å². The molecule has 2 atom stereocenters. The number of hydrogen-bond donors (Lipinski definition) is 2. The average molecular weight is 330 g/mol. The molecule has 1 amide bonds.